The molecule has 1 aliphatic carbocycles. The standard InChI is InChI=1S/C21H28N2O3/c22-11-16-3-5-17(6-4-16)12-23(14-19-2-1-9-24-19)13-18-7-8-20-21(10-18)26-15-25-20/h1-2,7-10,16-17H,3-6,11-15,22H2. The van der Waals surface area contributed by atoms with Crippen LogP contribution < -0.4 is 15.2 Å². The zero-order valence-electron chi connectivity index (χ0n) is 15.2. The summed E-state index contributed by atoms with van der Waals surface area (Å²) in [5, 5.41) is 0. The van der Waals surface area contributed by atoms with Crippen molar-refractivity contribution in [1.29, 1.82) is 0 Å². The lowest BCUT2D eigenvalue weighted by Gasteiger charge is -2.32. The Hall–Kier alpha value is -1.98. The second-order valence-corrected chi connectivity index (χ2v) is 7.56. The van der Waals surface area contributed by atoms with Crippen LogP contribution in [0.4, 0.5) is 0 Å². The molecule has 5 heteroatoms. The first-order valence-corrected chi connectivity index (χ1v) is 9.63. The fourth-order valence-corrected chi connectivity index (χ4v) is 4.12. The van der Waals surface area contributed by atoms with Crippen molar-refractivity contribution in [2.75, 3.05) is 19.9 Å². The van der Waals surface area contributed by atoms with Crippen molar-refractivity contribution in [3.05, 3.63) is 47.9 Å². The molecule has 1 saturated carbocycles. The molecule has 1 aromatic carbocycles. The number of rotatable bonds is 7. The van der Waals surface area contributed by atoms with Crippen molar-refractivity contribution in [1.82, 2.24) is 4.90 Å². The van der Waals surface area contributed by atoms with E-state index in [2.05, 4.69) is 23.1 Å². The van der Waals surface area contributed by atoms with E-state index in [1.165, 1.54) is 31.2 Å². The van der Waals surface area contributed by atoms with Gasteiger partial charge in [0.15, 0.2) is 11.5 Å². The van der Waals surface area contributed by atoms with E-state index in [1.807, 2.05) is 12.1 Å². The maximum atomic E-state index is 5.84. The molecule has 2 aliphatic rings. The van der Waals surface area contributed by atoms with Crippen molar-refractivity contribution >= 4 is 0 Å². The molecule has 140 valence electrons. The second kappa shape index (κ2) is 8.14. The average molecular weight is 356 g/mol. The van der Waals surface area contributed by atoms with Gasteiger partial charge in [0.25, 0.3) is 0 Å². The molecule has 1 fully saturated rings. The molecule has 2 aromatic rings. The molecule has 0 amide bonds. The molecule has 0 atom stereocenters. The molecule has 2 heterocycles. The van der Waals surface area contributed by atoms with E-state index in [1.54, 1.807) is 6.26 Å². The third-order valence-electron chi connectivity index (χ3n) is 5.62. The molecule has 0 spiro atoms. The molecule has 1 aliphatic heterocycles. The molecular formula is C21H28N2O3. The zero-order valence-corrected chi connectivity index (χ0v) is 15.2. The topological polar surface area (TPSA) is 60.9 Å². The van der Waals surface area contributed by atoms with E-state index in [-0.39, 0.29) is 0 Å². The van der Waals surface area contributed by atoms with Crippen LogP contribution in [-0.4, -0.2) is 24.8 Å². The Morgan fingerprint density at radius 3 is 2.54 bits per heavy atom. The Labute approximate surface area is 155 Å². The number of hydrogen-bond donors (Lipinski definition) is 1. The number of benzene rings is 1. The van der Waals surface area contributed by atoms with Gasteiger partial charge in [0, 0.05) is 13.1 Å². The van der Waals surface area contributed by atoms with Crippen molar-refractivity contribution in [3.63, 3.8) is 0 Å². The second-order valence-electron chi connectivity index (χ2n) is 7.56. The van der Waals surface area contributed by atoms with E-state index >= 15 is 0 Å². The van der Waals surface area contributed by atoms with Crippen LogP contribution in [0.25, 0.3) is 0 Å². The Bertz CT molecular complexity index is 693. The normalized spacial score (nSPS) is 22.1. The van der Waals surface area contributed by atoms with Crippen LogP contribution in [0, 0.1) is 11.8 Å². The lowest BCUT2D eigenvalue weighted by atomic mass is 9.82. The van der Waals surface area contributed by atoms with Crippen LogP contribution in [0.3, 0.4) is 0 Å². The van der Waals surface area contributed by atoms with Crippen LogP contribution in [0.15, 0.2) is 41.0 Å². The van der Waals surface area contributed by atoms with Gasteiger partial charge in [-0.15, -0.1) is 0 Å². The smallest absolute Gasteiger partial charge is 0.231 e. The van der Waals surface area contributed by atoms with E-state index in [0.29, 0.717) is 6.79 Å². The molecule has 0 unspecified atom stereocenters. The highest BCUT2D eigenvalue weighted by atomic mass is 16.7. The van der Waals surface area contributed by atoms with Gasteiger partial charge in [0.2, 0.25) is 6.79 Å². The monoisotopic (exact) mass is 356 g/mol. The van der Waals surface area contributed by atoms with Crippen molar-refractivity contribution < 1.29 is 13.9 Å². The Morgan fingerprint density at radius 2 is 1.77 bits per heavy atom. The van der Waals surface area contributed by atoms with E-state index in [9.17, 15) is 0 Å². The number of nitrogens with zero attached hydrogens (tertiary/aromatic N) is 1. The lowest BCUT2D eigenvalue weighted by Crippen LogP contribution is -2.32. The van der Waals surface area contributed by atoms with Crippen LogP contribution in [-0.2, 0) is 13.1 Å². The van der Waals surface area contributed by atoms with Crippen LogP contribution in [0.2, 0.25) is 0 Å². The Balaban J connectivity index is 1.42. The van der Waals surface area contributed by atoms with Crippen LogP contribution in [0.5, 0.6) is 11.5 Å². The molecule has 0 saturated heterocycles. The van der Waals surface area contributed by atoms with Crippen molar-refractivity contribution in [2.45, 2.75) is 38.8 Å². The predicted molar refractivity (Wildman–Crippen MR) is 99.9 cm³/mol. The third-order valence-corrected chi connectivity index (χ3v) is 5.62. The molecular weight excluding hydrogens is 328 g/mol. The van der Waals surface area contributed by atoms with E-state index in [4.69, 9.17) is 19.6 Å². The van der Waals surface area contributed by atoms with Gasteiger partial charge in [-0.3, -0.25) is 4.90 Å². The van der Waals surface area contributed by atoms with Gasteiger partial charge in [0.05, 0.1) is 12.8 Å². The first kappa shape index (κ1) is 17.4. The summed E-state index contributed by atoms with van der Waals surface area (Å²) in [7, 11) is 0. The number of ether oxygens (including phenoxy) is 2. The summed E-state index contributed by atoms with van der Waals surface area (Å²) < 4.78 is 16.6. The molecule has 2 N–H and O–H groups in total. The first-order chi connectivity index (χ1) is 12.8. The lowest BCUT2D eigenvalue weighted by molar-refractivity contribution is 0.161. The van der Waals surface area contributed by atoms with Gasteiger partial charge in [-0.05, 0) is 73.9 Å². The van der Waals surface area contributed by atoms with Gasteiger partial charge in [0.1, 0.15) is 5.76 Å². The SMILES string of the molecule is NCC1CCC(CN(Cc2ccc3c(c2)OCO3)Cc2ccco2)CC1. The highest BCUT2D eigenvalue weighted by Crippen LogP contribution is 2.34. The molecule has 4 rings (SSSR count). The average Bonchev–Trinajstić information content (AvgIpc) is 3.33. The van der Waals surface area contributed by atoms with Crippen molar-refractivity contribution in [3.8, 4) is 11.5 Å². The maximum Gasteiger partial charge on any atom is 0.231 e. The minimum absolute atomic E-state index is 0.319. The predicted octanol–water partition coefficient (Wildman–Crippen LogP) is 3.78. The minimum Gasteiger partial charge on any atom is -0.468 e. The molecule has 0 radical (unpaired) electrons. The van der Waals surface area contributed by atoms with Gasteiger partial charge in [-0.1, -0.05) is 6.07 Å². The third kappa shape index (κ3) is 4.22. The highest BCUT2D eigenvalue weighted by Gasteiger charge is 2.23. The summed E-state index contributed by atoms with van der Waals surface area (Å²) >= 11 is 0. The number of hydrogen-bond acceptors (Lipinski definition) is 5. The summed E-state index contributed by atoms with van der Waals surface area (Å²) in [6, 6.07) is 10.3. The zero-order chi connectivity index (χ0) is 17.8. The summed E-state index contributed by atoms with van der Waals surface area (Å²) in [5.74, 6) is 4.16. The van der Waals surface area contributed by atoms with Crippen LogP contribution in [0.1, 0.15) is 37.0 Å². The van der Waals surface area contributed by atoms with Crippen molar-refractivity contribution in [2.24, 2.45) is 17.6 Å². The Kier molecular flexibility index (Phi) is 5.46. The quantitative estimate of drug-likeness (QED) is 0.818. The van der Waals surface area contributed by atoms with E-state index in [0.717, 1.165) is 55.3 Å². The molecule has 1 aromatic heterocycles. The van der Waals surface area contributed by atoms with Gasteiger partial charge in [-0.2, -0.15) is 0 Å². The summed E-state index contributed by atoms with van der Waals surface area (Å²) in [6.45, 7) is 3.96. The molecule has 26 heavy (non-hydrogen) atoms. The Morgan fingerprint density at radius 1 is 0.962 bits per heavy atom. The van der Waals surface area contributed by atoms with Crippen LogP contribution >= 0.6 is 0 Å². The van der Waals surface area contributed by atoms with Gasteiger partial charge < -0.3 is 19.6 Å². The number of nitrogens with two attached hydrogens (primary N) is 1. The largest absolute Gasteiger partial charge is 0.468 e. The maximum absolute atomic E-state index is 5.84. The minimum atomic E-state index is 0.319. The fraction of sp³-hybridized carbons (Fsp3) is 0.524. The summed E-state index contributed by atoms with van der Waals surface area (Å²) in [4.78, 5) is 2.49. The van der Waals surface area contributed by atoms with Gasteiger partial charge in [-0.25, -0.2) is 0 Å². The van der Waals surface area contributed by atoms with E-state index < -0.39 is 0 Å². The molecule has 5 nitrogen and oxygen atoms in total. The van der Waals surface area contributed by atoms with Gasteiger partial charge >= 0.3 is 0 Å². The number of fused-ring (bicyclic) bond motifs is 1. The highest BCUT2D eigenvalue weighted by molar-refractivity contribution is 5.44. The number of furan rings is 1. The first-order valence-electron chi connectivity index (χ1n) is 9.63. The summed E-state index contributed by atoms with van der Waals surface area (Å²) in [5.41, 5.74) is 7.09. The molecule has 0 bridgehead atoms. The fourth-order valence-electron chi connectivity index (χ4n) is 4.12. The summed E-state index contributed by atoms with van der Waals surface area (Å²) in [6.07, 6.45) is 6.83.